The van der Waals surface area contributed by atoms with E-state index in [1.54, 1.807) is 12.4 Å². The third-order valence-corrected chi connectivity index (χ3v) is 4.46. The van der Waals surface area contributed by atoms with Gasteiger partial charge in [-0.3, -0.25) is 4.79 Å². The summed E-state index contributed by atoms with van der Waals surface area (Å²) in [7, 11) is 0. The Balaban J connectivity index is 1.40. The SMILES string of the molecule is O=C(NC1CCN(c2nccn3ccnc23)CC1)c1ccccc1. The molecule has 1 fully saturated rings. The first-order valence-corrected chi connectivity index (χ1v) is 8.20. The van der Waals surface area contributed by atoms with E-state index in [1.807, 2.05) is 47.1 Å². The fourth-order valence-corrected chi connectivity index (χ4v) is 3.16. The molecule has 24 heavy (non-hydrogen) atoms. The first kappa shape index (κ1) is 14.7. The summed E-state index contributed by atoms with van der Waals surface area (Å²) in [5.74, 6) is 0.915. The molecule has 1 N–H and O–H groups in total. The highest BCUT2D eigenvalue weighted by Gasteiger charge is 2.23. The molecule has 0 saturated carbocycles. The zero-order valence-corrected chi connectivity index (χ0v) is 13.3. The minimum Gasteiger partial charge on any atom is -0.353 e. The van der Waals surface area contributed by atoms with E-state index in [0.29, 0.717) is 5.56 Å². The molecule has 2 aromatic heterocycles. The molecule has 1 aliphatic heterocycles. The molecule has 1 aromatic carbocycles. The zero-order chi connectivity index (χ0) is 16.4. The molecule has 4 rings (SSSR count). The quantitative estimate of drug-likeness (QED) is 0.803. The number of imidazole rings is 1. The molecule has 0 radical (unpaired) electrons. The van der Waals surface area contributed by atoms with Crippen molar-refractivity contribution in [3.63, 3.8) is 0 Å². The fourth-order valence-electron chi connectivity index (χ4n) is 3.16. The number of nitrogens with one attached hydrogen (secondary N) is 1. The van der Waals surface area contributed by atoms with Crippen LogP contribution in [0.1, 0.15) is 23.2 Å². The number of aromatic nitrogens is 3. The molecule has 0 spiro atoms. The van der Waals surface area contributed by atoms with E-state index in [-0.39, 0.29) is 11.9 Å². The number of carbonyl (C=O) groups is 1. The van der Waals surface area contributed by atoms with Crippen molar-refractivity contribution in [3.05, 3.63) is 60.7 Å². The molecule has 0 aliphatic carbocycles. The lowest BCUT2D eigenvalue weighted by molar-refractivity contribution is 0.0931. The van der Waals surface area contributed by atoms with Crippen LogP contribution in [-0.2, 0) is 0 Å². The van der Waals surface area contributed by atoms with Crippen LogP contribution in [0.5, 0.6) is 0 Å². The molecule has 6 heteroatoms. The normalized spacial score (nSPS) is 15.6. The van der Waals surface area contributed by atoms with Crippen LogP contribution < -0.4 is 10.2 Å². The van der Waals surface area contributed by atoms with Crippen LogP contribution in [0, 0.1) is 0 Å². The van der Waals surface area contributed by atoms with Gasteiger partial charge in [0.05, 0.1) is 0 Å². The van der Waals surface area contributed by atoms with Crippen molar-refractivity contribution in [3.8, 4) is 0 Å². The van der Waals surface area contributed by atoms with Gasteiger partial charge in [0.2, 0.25) is 0 Å². The van der Waals surface area contributed by atoms with Gasteiger partial charge in [0, 0.05) is 49.5 Å². The molecule has 1 amide bonds. The van der Waals surface area contributed by atoms with Crippen LogP contribution >= 0.6 is 0 Å². The lowest BCUT2D eigenvalue weighted by atomic mass is 10.0. The molecule has 1 saturated heterocycles. The van der Waals surface area contributed by atoms with Gasteiger partial charge in [-0.05, 0) is 25.0 Å². The predicted molar refractivity (Wildman–Crippen MR) is 92.1 cm³/mol. The van der Waals surface area contributed by atoms with Crippen LogP contribution in [-0.4, -0.2) is 39.4 Å². The number of hydrogen-bond donors (Lipinski definition) is 1. The van der Waals surface area contributed by atoms with E-state index >= 15 is 0 Å². The molecule has 6 nitrogen and oxygen atoms in total. The summed E-state index contributed by atoms with van der Waals surface area (Å²) in [6.07, 6.45) is 9.22. The second kappa shape index (κ2) is 6.31. The first-order chi connectivity index (χ1) is 11.8. The van der Waals surface area contributed by atoms with Gasteiger partial charge in [0.15, 0.2) is 11.5 Å². The van der Waals surface area contributed by atoms with Crippen LogP contribution in [0.4, 0.5) is 5.82 Å². The van der Waals surface area contributed by atoms with Crippen molar-refractivity contribution in [2.75, 3.05) is 18.0 Å². The standard InChI is InChI=1S/C18H19N5O/c24-18(14-4-2-1-3-5-14)21-15-6-10-22(11-7-15)16-17-20-9-13-23(17)12-8-19-16/h1-5,8-9,12-13,15H,6-7,10-11H2,(H,21,24). The van der Waals surface area contributed by atoms with E-state index < -0.39 is 0 Å². The lowest BCUT2D eigenvalue weighted by Gasteiger charge is -2.33. The van der Waals surface area contributed by atoms with Crippen LogP contribution in [0.25, 0.3) is 5.65 Å². The van der Waals surface area contributed by atoms with E-state index in [4.69, 9.17) is 0 Å². The molecule has 0 atom stereocenters. The smallest absolute Gasteiger partial charge is 0.251 e. The molecular formula is C18H19N5O. The maximum Gasteiger partial charge on any atom is 0.251 e. The van der Waals surface area contributed by atoms with Crippen LogP contribution in [0.3, 0.4) is 0 Å². The Morgan fingerprint density at radius 2 is 1.75 bits per heavy atom. The van der Waals surface area contributed by atoms with Crippen LogP contribution in [0.15, 0.2) is 55.1 Å². The molecule has 0 bridgehead atoms. The van der Waals surface area contributed by atoms with Crippen LogP contribution in [0.2, 0.25) is 0 Å². The monoisotopic (exact) mass is 321 g/mol. The summed E-state index contributed by atoms with van der Waals surface area (Å²) < 4.78 is 1.98. The maximum absolute atomic E-state index is 12.3. The number of rotatable bonds is 3. The van der Waals surface area contributed by atoms with Gasteiger partial charge in [-0.1, -0.05) is 18.2 Å². The van der Waals surface area contributed by atoms with Gasteiger partial charge in [0.1, 0.15) is 0 Å². The maximum atomic E-state index is 12.3. The van der Waals surface area contributed by atoms with E-state index in [9.17, 15) is 4.79 Å². The van der Waals surface area contributed by atoms with Gasteiger partial charge in [0.25, 0.3) is 5.91 Å². The van der Waals surface area contributed by atoms with E-state index in [0.717, 1.165) is 37.4 Å². The Morgan fingerprint density at radius 3 is 2.50 bits per heavy atom. The lowest BCUT2D eigenvalue weighted by Crippen LogP contribution is -2.45. The van der Waals surface area contributed by atoms with Crippen molar-refractivity contribution >= 4 is 17.4 Å². The summed E-state index contributed by atoms with van der Waals surface area (Å²) in [5, 5.41) is 3.13. The molecule has 0 unspecified atom stereocenters. The third-order valence-electron chi connectivity index (χ3n) is 4.46. The average Bonchev–Trinajstić information content (AvgIpc) is 3.12. The van der Waals surface area contributed by atoms with Crippen molar-refractivity contribution in [1.82, 2.24) is 19.7 Å². The van der Waals surface area contributed by atoms with Gasteiger partial charge in [-0.25, -0.2) is 9.97 Å². The van der Waals surface area contributed by atoms with Crippen molar-refractivity contribution < 1.29 is 4.79 Å². The van der Waals surface area contributed by atoms with Gasteiger partial charge < -0.3 is 14.6 Å². The second-order valence-electron chi connectivity index (χ2n) is 6.01. The molecule has 3 aromatic rings. The summed E-state index contributed by atoms with van der Waals surface area (Å²) in [6.45, 7) is 1.72. The number of fused-ring (bicyclic) bond motifs is 1. The highest BCUT2D eigenvalue weighted by molar-refractivity contribution is 5.94. The fraction of sp³-hybridized carbons (Fsp3) is 0.278. The topological polar surface area (TPSA) is 62.5 Å². The van der Waals surface area contributed by atoms with Crippen molar-refractivity contribution in [1.29, 1.82) is 0 Å². The molecule has 1 aliphatic rings. The Morgan fingerprint density at radius 1 is 1.04 bits per heavy atom. The first-order valence-electron chi connectivity index (χ1n) is 8.20. The number of anilines is 1. The minimum absolute atomic E-state index is 0.00235. The molecule has 122 valence electrons. The number of amides is 1. The Kier molecular flexibility index (Phi) is 3.86. The summed E-state index contributed by atoms with van der Waals surface area (Å²) in [6, 6.07) is 9.57. The zero-order valence-electron chi connectivity index (χ0n) is 13.3. The number of nitrogens with zero attached hydrogens (tertiary/aromatic N) is 4. The van der Waals surface area contributed by atoms with Gasteiger partial charge >= 0.3 is 0 Å². The van der Waals surface area contributed by atoms with Crippen molar-refractivity contribution in [2.24, 2.45) is 0 Å². The second-order valence-corrected chi connectivity index (χ2v) is 6.01. The highest BCUT2D eigenvalue weighted by Crippen LogP contribution is 2.21. The molecule has 3 heterocycles. The third kappa shape index (κ3) is 2.82. The van der Waals surface area contributed by atoms with Crippen molar-refractivity contribution in [2.45, 2.75) is 18.9 Å². The van der Waals surface area contributed by atoms with E-state index in [2.05, 4.69) is 20.2 Å². The van der Waals surface area contributed by atoms with Gasteiger partial charge in [-0.2, -0.15) is 0 Å². The number of carbonyl (C=O) groups excluding carboxylic acids is 1. The summed E-state index contributed by atoms with van der Waals surface area (Å²) in [5.41, 5.74) is 1.59. The molecular weight excluding hydrogens is 302 g/mol. The van der Waals surface area contributed by atoms with Gasteiger partial charge in [-0.15, -0.1) is 0 Å². The Labute approximate surface area is 140 Å². The number of hydrogen-bond acceptors (Lipinski definition) is 4. The summed E-state index contributed by atoms with van der Waals surface area (Å²) in [4.78, 5) is 23.4. The average molecular weight is 321 g/mol. The minimum atomic E-state index is 0.00235. The Hall–Kier alpha value is -2.89. The largest absolute Gasteiger partial charge is 0.353 e. The number of benzene rings is 1. The predicted octanol–water partition coefficient (Wildman–Crippen LogP) is 2.13. The van der Waals surface area contributed by atoms with E-state index in [1.165, 1.54) is 0 Å². The Bertz CT molecular complexity index is 837. The number of piperidine rings is 1. The summed E-state index contributed by atoms with van der Waals surface area (Å²) >= 11 is 0. The highest BCUT2D eigenvalue weighted by atomic mass is 16.1.